The Morgan fingerprint density at radius 1 is 1.32 bits per heavy atom. The minimum absolute atomic E-state index is 0.0535. The summed E-state index contributed by atoms with van der Waals surface area (Å²) in [6.07, 6.45) is 2.16. The Bertz CT molecular complexity index is 376. The second-order valence-corrected chi connectivity index (χ2v) is 4.63. The van der Waals surface area contributed by atoms with Crippen LogP contribution in [0.15, 0.2) is 24.3 Å². The van der Waals surface area contributed by atoms with Gasteiger partial charge in [0.25, 0.3) is 5.91 Å². The van der Waals surface area contributed by atoms with E-state index in [1.165, 1.54) is 0 Å². The molecule has 0 saturated carbocycles. The number of carbonyl (C=O) groups is 1. The average Bonchev–Trinajstić information content (AvgIpc) is 2.45. The molecule has 0 aliphatic rings. The van der Waals surface area contributed by atoms with Gasteiger partial charge in [-0.15, -0.1) is 0 Å². The fraction of sp³-hybridized carbons (Fsp3) is 0.533. The van der Waals surface area contributed by atoms with E-state index in [-0.39, 0.29) is 11.9 Å². The van der Waals surface area contributed by atoms with Crippen molar-refractivity contribution < 1.29 is 9.53 Å². The van der Waals surface area contributed by atoms with Crippen LogP contribution in [-0.4, -0.2) is 32.1 Å². The highest BCUT2D eigenvalue weighted by Crippen LogP contribution is 2.12. The van der Waals surface area contributed by atoms with Crippen molar-refractivity contribution in [3.63, 3.8) is 0 Å². The molecule has 0 aliphatic carbocycles. The predicted molar refractivity (Wildman–Crippen MR) is 77.7 cm³/mol. The van der Waals surface area contributed by atoms with Crippen LogP contribution in [0.2, 0.25) is 0 Å². The Hall–Kier alpha value is -1.55. The van der Waals surface area contributed by atoms with Gasteiger partial charge in [-0.25, -0.2) is 0 Å². The average molecular weight is 264 g/mol. The van der Waals surface area contributed by atoms with Crippen molar-refractivity contribution in [2.24, 2.45) is 0 Å². The fourth-order valence-electron chi connectivity index (χ4n) is 1.49. The molecule has 0 aromatic heterocycles. The van der Waals surface area contributed by atoms with Crippen LogP contribution in [0.5, 0.6) is 5.75 Å². The van der Waals surface area contributed by atoms with Crippen LogP contribution in [0.3, 0.4) is 0 Å². The quantitative estimate of drug-likeness (QED) is 0.708. The number of rotatable bonds is 8. The summed E-state index contributed by atoms with van der Waals surface area (Å²) in [5.41, 5.74) is 0.658. The van der Waals surface area contributed by atoms with Gasteiger partial charge in [0, 0.05) is 18.2 Å². The normalized spacial score (nSPS) is 11.9. The van der Waals surface area contributed by atoms with E-state index in [4.69, 9.17) is 4.74 Å². The number of hydrogen-bond acceptors (Lipinski definition) is 3. The minimum atomic E-state index is -0.0535. The summed E-state index contributed by atoms with van der Waals surface area (Å²) < 4.78 is 5.56. The molecule has 0 bridgehead atoms. The van der Waals surface area contributed by atoms with Crippen LogP contribution in [0, 0.1) is 0 Å². The second-order valence-electron chi connectivity index (χ2n) is 4.63. The monoisotopic (exact) mass is 264 g/mol. The molecule has 0 spiro atoms. The summed E-state index contributed by atoms with van der Waals surface area (Å²) in [7, 11) is 1.87. The summed E-state index contributed by atoms with van der Waals surface area (Å²) >= 11 is 0. The third-order valence-corrected chi connectivity index (χ3v) is 2.94. The zero-order valence-corrected chi connectivity index (χ0v) is 12.0. The number of nitrogens with one attached hydrogen (secondary N) is 2. The van der Waals surface area contributed by atoms with Crippen LogP contribution in [-0.2, 0) is 0 Å². The molecule has 0 fully saturated rings. The molecular weight excluding hydrogens is 240 g/mol. The predicted octanol–water partition coefficient (Wildman–Crippen LogP) is 2.20. The third kappa shape index (κ3) is 5.75. The number of carbonyl (C=O) groups excluding carboxylic acids is 1. The van der Waals surface area contributed by atoms with Gasteiger partial charge < -0.3 is 15.4 Å². The van der Waals surface area contributed by atoms with Gasteiger partial charge in [-0.05, 0) is 44.7 Å². The maximum Gasteiger partial charge on any atom is 0.251 e. The number of unbranched alkanes of at least 4 members (excludes halogenated alkanes) is 1. The molecule has 1 unspecified atom stereocenters. The Balaban J connectivity index is 2.44. The first kappa shape index (κ1) is 15.5. The number of ether oxygens (including phenoxy) is 1. The molecule has 0 radical (unpaired) electrons. The van der Waals surface area contributed by atoms with E-state index >= 15 is 0 Å². The van der Waals surface area contributed by atoms with E-state index in [2.05, 4.69) is 17.6 Å². The molecule has 0 aliphatic heterocycles. The van der Waals surface area contributed by atoms with E-state index < -0.39 is 0 Å². The van der Waals surface area contributed by atoms with Gasteiger partial charge >= 0.3 is 0 Å². The number of amides is 1. The van der Waals surface area contributed by atoms with Crippen molar-refractivity contribution in [3.8, 4) is 5.75 Å². The van der Waals surface area contributed by atoms with E-state index in [1.807, 2.05) is 26.1 Å². The van der Waals surface area contributed by atoms with Gasteiger partial charge in [0.1, 0.15) is 5.75 Å². The maximum absolute atomic E-state index is 11.9. The van der Waals surface area contributed by atoms with E-state index in [0.29, 0.717) is 12.1 Å². The standard InChI is InChI=1S/C15H24N2O2/c1-4-5-10-19-14-8-6-13(7-9-14)15(18)17-11-12(2)16-3/h6-9,12,16H,4-5,10-11H2,1-3H3,(H,17,18). The minimum Gasteiger partial charge on any atom is -0.494 e. The van der Waals surface area contributed by atoms with Crippen molar-refractivity contribution in [1.82, 2.24) is 10.6 Å². The lowest BCUT2D eigenvalue weighted by Gasteiger charge is -2.11. The van der Waals surface area contributed by atoms with Gasteiger partial charge in [0.2, 0.25) is 0 Å². The molecule has 0 heterocycles. The number of likely N-dealkylation sites (N-methyl/N-ethyl adjacent to an activating group) is 1. The third-order valence-electron chi connectivity index (χ3n) is 2.94. The molecule has 1 atom stereocenters. The van der Waals surface area contributed by atoms with E-state index in [1.54, 1.807) is 12.1 Å². The van der Waals surface area contributed by atoms with Crippen molar-refractivity contribution >= 4 is 5.91 Å². The number of benzene rings is 1. The maximum atomic E-state index is 11.9. The molecule has 1 aromatic rings. The van der Waals surface area contributed by atoms with Crippen molar-refractivity contribution in [2.75, 3.05) is 20.2 Å². The number of hydrogen-bond donors (Lipinski definition) is 2. The lowest BCUT2D eigenvalue weighted by molar-refractivity contribution is 0.0950. The lowest BCUT2D eigenvalue weighted by atomic mass is 10.2. The summed E-state index contributed by atoms with van der Waals surface area (Å²) in [5, 5.41) is 5.95. The van der Waals surface area contributed by atoms with Crippen molar-refractivity contribution in [2.45, 2.75) is 32.7 Å². The molecule has 4 heteroatoms. The van der Waals surface area contributed by atoms with Crippen molar-refractivity contribution in [1.29, 1.82) is 0 Å². The summed E-state index contributed by atoms with van der Waals surface area (Å²) in [6.45, 7) is 5.49. The van der Waals surface area contributed by atoms with Gasteiger partial charge in [-0.2, -0.15) is 0 Å². The Labute approximate surface area is 115 Å². The van der Waals surface area contributed by atoms with Crippen LogP contribution >= 0.6 is 0 Å². The molecule has 1 aromatic carbocycles. The lowest BCUT2D eigenvalue weighted by Crippen LogP contribution is -2.37. The first-order chi connectivity index (χ1) is 9.17. The highest BCUT2D eigenvalue weighted by atomic mass is 16.5. The first-order valence-corrected chi connectivity index (χ1v) is 6.85. The van der Waals surface area contributed by atoms with Crippen molar-refractivity contribution in [3.05, 3.63) is 29.8 Å². The van der Waals surface area contributed by atoms with Gasteiger partial charge in [-0.1, -0.05) is 13.3 Å². The largest absolute Gasteiger partial charge is 0.494 e. The molecule has 0 saturated heterocycles. The second kappa shape index (κ2) is 8.53. The first-order valence-electron chi connectivity index (χ1n) is 6.85. The smallest absolute Gasteiger partial charge is 0.251 e. The Kier molecular flexibility index (Phi) is 6.97. The zero-order chi connectivity index (χ0) is 14.1. The van der Waals surface area contributed by atoms with Crippen LogP contribution in [0.1, 0.15) is 37.0 Å². The fourth-order valence-corrected chi connectivity index (χ4v) is 1.49. The summed E-state index contributed by atoms with van der Waals surface area (Å²) in [4.78, 5) is 11.9. The SMILES string of the molecule is CCCCOc1ccc(C(=O)NCC(C)NC)cc1. The van der Waals surface area contributed by atoms with Gasteiger partial charge in [-0.3, -0.25) is 4.79 Å². The highest BCUT2D eigenvalue weighted by molar-refractivity contribution is 5.94. The van der Waals surface area contributed by atoms with E-state index in [0.717, 1.165) is 25.2 Å². The molecule has 19 heavy (non-hydrogen) atoms. The van der Waals surface area contributed by atoms with Crippen LogP contribution in [0.4, 0.5) is 0 Å². The molecule has 2 N–H and O–H groups in total. The van der Waals surface area contributed by atoms with E-state index in [9.17, 15) is 4.79 Å². The molecule has 1 amide bonds. The zero-order valence-electron chi connectivity index (χ0n) is 12.0. The summed E-state index contributed by atoms with van der Waals surface area (Å²) in [6, 6.07) is 7.53. The van der Waals surface area contributed by atoms with Crippen LogP contribution in [0.25, 0.3) is 0 Å². The topological polar surface area (TPSA) is 50.4 Å². The molecule has 106 valence electrons. The molecule has 4 nitrogen and oxygen atoms in total. The van der Waals surface area contributed by atoms with Gasteiger partial charge in [0.15, 0.2) is 0 Å². The molecular formula is C15H24N2O2. The Morgan fingerprint density at radius 3 is 2.58 bits per heavy atom. The molecule has 1 rings (SSSR count). The van der Waals surface area contributed by atoms with Gasteiger partial charge in [0.05, 0.1) is 6.61 Å². The van der Waals surface area contributed by atoms with Crippen LogP contribution < -0.4 is 15.4 Å². The Morgan fingerprint density at radius 2 is 2.00 bits per heavy atom. The highest BCUT2D eigenvalue weighted by Gasteiger charge is 2.06. The summed E-state index contributed by atoms with van der Waals surface area (Å²) in [5.74, 6) is 0.760.